The van der Waals surface area contributed by atoms with Crippen LogP contribution in [-0.2, 0) is 11.0 Å². The summed E-state index contributed by atoms with van der Waals surface area (Å²) in [6.07, 6.45) is 8.70. The van der Waals surface area contributed by atoms with Crippen molar-refractivity contribution >= 4 is 29.1 Å². The highest BCUT2D eigenvalue weighted by Crippen LogP contribution is 2.41. The summed E-state index contributed by atoms with van der Waals surface area (Å²) in [6, 6.07) is 19.5. The number of carbonyl (C=O) groups is 1. The fraction of sp³-hybridized carbons (Fsp3) is 0.419. The molecule has 2 saturated heterocycles. The maximum Gasteiger partial charge on any atom is 0.253 e. The zero-order valence-corrected chi connectivity index (χ0v) is 23.2. The Labute approximate surface area is 235 Å². The van der Waals surface area contributed by atoms with Gasteiger partial charge in [0.25, 0.3) is 5.91 Å². The molecule has 7 heteroatoms. The first-order chi connectivity index (χ1) is 18.4. The average molecular weight is 553 g/mol. The molecule has 200 valence electrons. The largest absolute Gasteiger partial charge is 0.385 e. The Kier molecular flexibility index (Phi) is 8.39. The van der Waals surface area contributed by atoms with Gasteiger partial charge in [0.2, 0.25) is 0 Å². The van der Waals surface area contributed by atoms with E-state index in [4.69, 9.17) is 23.2 Å². The third-order valence-electron chi connectivity index (χ3n) is 8.45. The summed E-state index contributed by atoms with van der Waals surface area (Å²) in [5, 5.41) is 12.3. The van der Waals surface area contributed by atoms with E-state index >= 15 is 0 Å². The molecule has 0 unspecified atom stereocenters. The Morgan fingerprint density at radius 2 is 1.63 bits per heavy atom. The molecule has 0 spiro atoms. The monoisotopic (exact) mass is 551 g/mol. The number of aliphatic hydroxyl groups is 1. The summed E-state index contributed by atoms with van der Waals surface area (Å²) in [4.78, 5) is 21.9. The van der Waals surface area contributed by atoms with Crippen LogP contribution < -0.4 is 0 Å². The number of piperidine rings is 2. The quantitative estimate of drug-likeness (QED) is 0.373. The molecule has 2 aliphatic rings. The van der Waals surface area contributed by atoms with Crippen LogP contribution in [0.15, 0.2) is 73.1 Å². The second kappa shape index (κ2) is 11.7. The van der Waals surface area contributed by atoms with E-state index in [0.29, 0.717) is 22.2 Å². The number of likely N-dealkylation sites (tertiary alicyclic amines) is 2. The number of hydrogen-bond acceptors (Lipinski definition) is 4. The third kappa shape index (κ3) is 5.91. The lowest BCUT2D eigenvalue weighted by Crippen LogP contribution is -2.49. The van der Waals surface area contributed by atoms with E-state index in [9.17, 15) is 9.90 Å². The molecular weight excluding hydrogens is 517 g/mol. The normalized spacial score (nSPS) is 21.8. The van der Waals surface area contributed by atoms with Crippen LogP contribution in [0.1, 0.15) is 60.0 Å². The lowest BCUT2D eigenvalue weighted by molar-refractivity contribution is -0.0265. The van der Waals surface area contributed by atoms with E-state index in [1.807, 2.05) is 47.4 Å². The van der Waals surface area contributed by atoms with Crippen molar-refractivity contribution in [1.29, 1.82) is 0 Å². The number of benzene rings is 2. The van der Waals surface area contributed by atoms with Gasteiger partial charge in [-0.3, -0.25) is 9.78 Å². The number of pyridine rings is 1. The Morgan fingerprint density at radius 3 is 2.34 bits per heavy atom. The van der Waals surface area contributed by atoms with Crippen LogP contribution >= 0.6 is 23.2 Å². The maximum atomic E-state index is 13.4. The summed E-state index contributed by atoms with van der Waals surface area (Å²) in [5.74, 6) is 0.0489. The molecule has 1 amide bonds. The van der Waals surface area contributed by atoms with E-state index in [0.717, 1.165) is 75.8 Å². The molecule has 1 aromatic heterocycles. The highest BCUT2D eigenvalue weighted by molar-refractivity contribution is 6.42. The maximum absolute atomic E-state index is 13.4. The van der Waals surface area contributed by atoms with Crippen molar-refractivity contribution in [2.24, 2.45) is 0 Å². The Bertz CT molecular complexity index is 1230. The molecule has 2 aliphatic heterocycles. The number of aromatic nitrogens is 1. The number of rotatable bonds is 7. The van der Waals surface area contributed by atoms with Crippen LogP contribution in [0.2, 0.25) is 10.0 Å². The minimum absolute atomic E-state index is 0.0489. The van der Waals surface area contributed by atoms with Gasteiger partial charge < -0.3 is 14.9 Å². The summed E-state index contributed by atoms with van der Waals surface area (Å²) < 4.78 is 0. The fourth-order valence-corrected chi connectivity index (χ4v) is 6.51. The third-order valence-corrected chi connectivity index (χ3v) is 9.19. The minimum atomic E-state index is -0.740. The van der Waals surface area contributed by atoms with Gasteiger partial charge in [0.05, 0.1) is 15.6 Å². The summed E-state index contributed by atoms with van der Waals surface area (Å²) in [7, 11) is 0. The Hall–Kier alpha value is -2.44. The molecule has 1 N–H and O–H groups in total. The Balaban J connectivity index is 1.28. The second-order valence-corrected chi connectivity index (χ2v) is 11.6. The lowest BCUT2D eigenvalue weighted by atomic mass is 9.71. The van der Waals surface area contributed by atoms with Crippen LogP contribution in [0.5, 0.6) is 0 Å². The number of nitrogens with zero attached hydrogens (tertiary/aromatic N) is 3. The molecule has 0 aliphatic carbocycles. The molecule has 38 heavy (non-hydrogen) atoms. The minimum Gasteiger partial charge on any atom is -0.385 e. The topological polar surface area (TPSA) is 56.7 Å². The molecule has 2 aromatic carbocycles. The fourth-order valence-electron chi connectivity index (χ4n) is 6.22. The first kappa shape index (κ1) is 27.1. The van der Waals surface area contributed by atoms with Crippen LogP contribution in [-0.4, -0.2) is 58.5 Å². The van der Waals surface area contributed by atoms with Gasteiger partial charge in [-0.25, -0.2) is 0 Å². The average Bonchev–Trinajstić information content (AvgIpc) is 2.96. The first-order valence-corrected chi connectivity index (χ1v) is 14.3. The SMILES string of the molecule is O=C(c1ccncc1)N1CCC[C@](CCCN2CCC(O)(c3ccccc3)CC2)(c2ccc(Cl)c(Cl)c2)C1. The predicted molar refractivity (Wildman–Crippen MR) is 153 cm³/mol. The van der Waals surface area contributed by atoms with Crippen molar-refractivity contribution in [3.63, 3.8) is 0 Å². The van der Waals surface area contributed by atoms with Gasteiger partial charge in [-0.15, -0.1) is 0 Å². The lowest BCUT2D eigenvalue weighted by Gasteiger charge is -2.44. The van der Waals surface area contributed by atoms with E-state index in [1.165, 1.54) is 0 Å². The van der Waals surface area contributed by atoms with Gasteiger partial charge >= 0.3 is 0 Å². The molecule has 5 rings (SSSR count). The van der Waals surface area contributed by atoms with Gasteiger partial charge in [0.15, 0.2) is 0 Å². The number of halogens is 2. The summed E-state index contributed by atoms with van der Waals surface area (Å²) >= 11 is 12.7. The van der Waals surface area contributed by atoms with Crippen molar-refractivity contribution in [3.8, 4) is 0 Å². The van der Waals surface area contributed by atoms with Crippen LogP contribution in [0, 0.1) is 0 Å². The van der Waals surface area contributed by atoms with Gasteiger partial charge in [-0.05, 0) is 80.5 Å². The van der Waals surface area contributed by atoms with E-state index in [2.05, 4.69) is 16.0 Å². The zero-order valence-electron chi connectivity index (χ0n) is 21.7. The predicted octanol–water partition coefficient (Wildman–Crippen LogP) is 6.33. The van der Waals surface area contributed by atoms with Gasteiger partial charge in [-0.2, -0.15) is 0 Å². The van der Waals surface area contributed by atoms with Crippen molar-refractivity contribution in [2.45, 2.75) is 49.5 Å². The summed E-state index contributed by atoms with van der Waals surface area (Å²) in [5.41, 5.74) is 1.91. The second-order valence-electron chi connectivity index (χ2n) is 10.8. The van der Waals surface area contributed by atoms with Crippen molar-refractivity contribution in [2.75, 3.05) is 32.7 Å². The summed E-state index contributed by atoms with van der Waals surface area (Å²) in [6.45, 7) is 4.11. The number of amides is 1. The van der Waals surface area contributed by atoms with E-state index in [-0.39, 0.29) is 11.3 Å². The molecule has 0 bridgehead atoms. The van der Waals surface area contributed by atoms with E-state index in [1.54, 1.807) is 24.5 Å². The molecule has 2 fully saturated rings. The van der Waals surface area contributed by atoms with Crippen molar-refractivity contribution < 1.29 is 9.90 Å². The Morgan fingerprint density at radius 1 is 0.895 bits per heavy atom. The molecule has 0 radical (unpaired) electrons. The molecular formula is C31H35Cl2N3O2. The first-order valence-electron chi connectivity index (χ1n) is 13.5. The number of carbonyl (C=O) groups excluding carboxylic acids is 1. The van der Waals surface area contributed by atoms with Crippen molar-refractivity contribution in [1.82, 2.24) is 14.8 Å². The number of hydrogen-bond donors (Lipinski definition) is 1. The highest BCUT2D eigenvalue weighted by Gasteiger charge is 2.39. The zero-order chi connectivity index (χ0) is 26.6. The van der Waals surface area contributed by atoms with Gasteiger partial charge in [0.1, 0.15) is 0 Å². The smallest absolute Gasteiger partial charge is 0.253 e. The van der Waals surface area contributed by atoms with Crippen molar-refractivity contribution in [3.05, 3.63) is 99.8 Å². The van der Waals surface area contributed by atoms with E-state index < -0.39 is 5.60 Å². The van der Waals surface area contributed by atoms with Crippen LogP contribution in [0.25, 0.3) is 0 Å². The molecule has 0 saturated carbocycles. The van der Waals surface area contributed by atoms with Crippen LogP contribution in [0.4, 0.5) is 0 Å². The molecule has 3 aromatic rings. The van der Waals surface area contributed by atoms with Crippen LogP contribution in [0.3, 0.4) is 0 Å². The molecule has 3 heterocycles. The highest BCUT2D eigenvalue weighted by atomic mass is 35.5. The molecule has 5 nitrogen and oxygen atoms in total. The van der Waals surface area contributed by atoms with Gasteiger partial charge in [0, 0.05) is 49.6 Å². The van der Waals surface area contributed by atoms with Gasteiger partial charge in [-0.1, -0.05) is 59.6 Å². The standard InChI is InChI=1S/C31H35Cl2N3O2/c32-27-9-8-26(22-28(27)33)30(13-5-19-36(23-30)29(37)24-10-16-34-17-11-24)12-4-18-35-20-14-31(38,15-21-35)25-6-2-1-3-7-25/h1-3,6-11,16-17,22,38H,4-5,12-15,18-21,23H2/t30-/m0/s1. The molecule has 1 atom stereocenters.